The molecule has 37 heavy (non-hydrogen) atoms. The van der Waals surface area contributed by atoms with Crippen molar-refractivity contribution in [3.8, 4) is 5.75 Å². The number of carbonyl (C=O) groups excluding carboxylic acids is 3. The number of hydrogen-bond acceptors (Lipinski definition) is 7. The van der Waals surface area contributed by atoms with E-state index in [-0.39, 0.29) is 22.0 Å². The Bertz CT molecular complexity index is 1140. The van der Waals surface area contributed by atoms with Crippen molar-refractivity contribution in [1.29, 1.82) is 0 Å². The van der Waals surface area contributed by atoms with Crippen molar-refractivity contribution >= 4 is 35.2 Å². The molecule has 0 saturated carbocycles. The molecule has 0 fully saturated rings. The van der Waals surface area contributed by atoms with Gasteiger partial charge in [0.1, 0.15) is 29.8 Å². The van der Waals surface area contributed by atoms with Gasteiger partial charge >= 0.3 is 5.97 Å². The third-order valence-corrected chi connectivity index (χ3v) is 5.29. The van der Waals surface area contributed by atoms with Crippen molar-refractivity contribution in [2.75, 3.05) is 13.2 Å². The van der Waals surface area contributed by atoms with Gasteiger partial charge in [0.2, 0.25) is 11.8 Å². The zero-order chi connectivity index (χ0) is 28.3. The van der Waals surface area contributed by atoms with E-state index in [1.807, 2.05) is 23.5 Å². The summed E-state index contributed by atoms with van der Waals surface area (Å²) in [6, 6.07) is 8.22. The third-order valence-electron chi connectivity index (χ3n) is 5.00. The van der Waals surface area contributed by atoms with Crippen LogP contribution in [0.15, 0.2) is 36.4 Å². The van der Waals surface area contributed by atoms with Crippen LogP contribution in [0.25, 0.3) is 0 Å². The number of primary amides is 1. The SMILES string of the molecule is CC(=O)c1ccc2c(c1)CCC(C)(C)O2.NC(=O)c1ccc(F)c(Cl)c1.NC(CO)C(=O)NCC(=O)O. The molecule has 2 aromatic rings. The molecular weight excluding hydrogens is 509 g/mol. The lowest BCUT2D eigenvalue weighted by atomic mass is 9.93. The summed E-state index contributed by atoms with van der Waals surface area (Å²) in [4.78, 5) is 42.2. The van der Waals surface area contributed by atoms with E-state index in [4.69, 9.17) is 38.0 Å². The third kappa shape index (κ3) is 10.9. The topological polar surface area (TPSA) is 182 Å². The molecule has 0 aliphatic carbocycles. The summed E-state index contributed by atoms with van der Waals surface area (Å²) < 4.78 is 18.3. The second kappa shape index (κ2) is 14.3. The standard InChI is InChI=1S/C13H16O2.C7H5ClFNO.C5H10N2O4/c1-9(14)10-4-5-12-11(8-10)6-7-13(2,3)15-12;8-5-3-4(7(10)11)1-2-6(5)9;6-3(2-8)5(11)7-1-4(9)10/h4-5,8H,6-7H2,1-3H3;1-3H,(H2,10,11);3,8H,1-2,6H2,(H,7,11)(H,9,10). The van der Waals surface area contributed by atoms with E-state index in [1.165, 1.54) is 12.1 Å². The number of nitrogens with one attached hydrogen (secondary N) is 1. The van der Waals surface area contributed by atoms with E-state index in [2.05, 4.69) is 13.8 Å². The van der Waals surface area contributed by atoms with E-state index >= 15 is 0 Å². The number of carbonyl (C=O) groups is 4. The number of hydrogen-bond donors (Lipinski definition) is 5. The smallest absolute Gasteiger partial charge is 0.322 e. The van der Waals surface area contributed by atoms with Crippen LogP contribution in [0.4, 0.5) is 4.39 Å². The van der Waals surface area contributed by atoms with Crippen LogP contribution in [0, 0.1) is 5.82 Å². The van der Waals surface area contributed by atoms with E-state index in [0.717, 1.165) is 35.8 Å². The Morgan fingerprint density at radius 2 is 1.78 bits per heavy atom. The van der Waals surface area contributed by atoms with Crippen LogP contribution in [0.5, 0.6) is 5.75 Å². The summed E-state index contributed by atoms with van der Waals surface area (Å²) in [5.74, 6) is -1.96. The van der Waals surface area contributed by atoms with Gasteiger partial charge in [-0.05, 0) is 75.6 Å². The highest BCUT2D eigenvalue weighted by molar-refractivity contribution is 6.31. The van der Waals surface area contributed by atoms with Gasteiger partial charge in [0, 0.05) is 11.1 Å². The van der Waals surface area contributed by atoms with Gasteiger partial charge < -0.3 is 31.7 Å². The van der Waals surface area contributed by atoms with Crippen LogP contribution in [-0.2, 0) is 16.0 Å². The van der Waals surface area contributed by atoms with Gasteiger partial charge in [-0.2, -0.15) is 0 Å². The largest absolute Gasteiger partial charge is 0.488 e. The Balaban J connectivity index is 0.000000284. The number of nitrogens with two attached hydrogens (primary N) is 2. The number of ether oxygens (including phenoxy) is 1. The maximum absolute atomic E-state index is 12.5. The minimum absolute atomic E-state index is 0.0786. The molecule has 0 aromatic heterocycles. The molecule has 1 heterocycles. The zero-order valence-electron chi connectivity index (χ0n) is 20.7. The van der Waals surface area contributed by atoms with E-state index in [1.54, 1.807) is 6.92 Å². The maximum atomic E-state index is 12.5. The molecule has 7 N–H and O–H groups in total. The molecule has 202 valence electrons. The number of fused-ring (bicyclic) bond motifs is 1. The first kappa shape index (κ1) is 31.5. The summed E-state index contributed by atoms with van der Waals surface area (Å²) in [6.45, 7) is 4.80. The van der Waals surface area contributed by atoms with Crippen LogP contribution in [0.1, 0.15) is 53.5 Å². The van der Waals surface area contributed by atoms with Gasteiger partial charge in [-0.1, -0.05) is 11.6 Å². The Labute approximate surface area is 218 Å². The van der Waals surface area contributed by atoms with E-state index < -0.39 is 42.8 Å². The van der Waals surface area contributed by atoms with Crippen molar-refractivity contribution in [1.82, 2.24) is 5.32 Å². The molecule has 0 spiro atoms. The minimum atomic E-state index is -1.15. The van der Waals surface area contributed by atoms with Crippen LogP contribution < -0.4 is 21.5 Å². The fourth-order valence-corrected chi connectivity index (χ4v) is 3.08. The van der Waals surface area contributed by atoms with Crippen LogP contribution >= 0.6 is 11.6 Å². The lowest BCUT2D eigenvalue weighted by Crippen LogP contribution is -2.44. The molecular formula is C25H31ClFN3O7. The second-order valence-corrected chi connectivity index (χ2v) is 9.04. The predicted molar refractivity (Wildman–Crippen MR) is 135 cm³/mol. The first-order valence-electron chi connectivity index (χ1n) is 11.1. The molecule has 2 aromatic carbocycles. The summed E-state index contributed by atoms with van der Waals surface area (Å²) >= 11 is 5.38. The van der Waals surface area contributed by atoms with Crippen molar-refractivity contribution in [2.45, 2.75) is 45.3 Å². The van der Waals surface area contributed by atoms with Crippen LogP contribution in [0.3, 0.4) is 0 Å². The average molecular weight is 540 g/mol. The van der Waals surface area contributed by atoms with Gasteiger partial charge in [0.05, 0.1) is 11.6 Å². The van der Waals surface area contributed by atoms with Crippen molar-refractivity contribution < 1.29 is 38.5 Å². The predicted octanol–water partition coefficient (Wildman–Crippen LogP) is 2.08. The average Bonchev–Trinajstić information content (AvgIpc) is 2.83. The zero-order valence-corrected chi connectivity index (χ0v) is 21.5. The van der Waals surface area contributed by atoms with Gasteiger partial charge in [-0.3, -0.25) is 19.2 Å². The minimum Gasteiger partial charge on any atom is -0.488 e. The quantitative estimate of drug-likeness (QED) is 0.345. The summed E-state index contributed by atoms with van der Waals surface area (Å²) in [5, 5.41) is 18.3. The Hall–Kier alpha value is -3.54. The summed E-state index contributed by atoms with van der Waals surface area (Å²) in [5.41, 5.74) is 12.0. The fourth-order valence-electron chi connectivity index (χ4n) is 2.90. The number of amides is 2. The Morgan fingerprint density at radius 1 is 1.16 bits per heavy atom. The highest BCUT2D eigenvalue weighted by Crippen LogP contribution is 2.33. The summed E-state index contributed by atoms with van der Waals surface area (Å²) in [6.07, 6.45) is 1.99. The number of Topliss-reactive ketones (excluding diaryl/α,β-unsaturated/α-hetero) is 1. The molecule has 1 unspecified atom stereocenters. The number of rotatable bonds is 6. The Kier molecular flexibility index (Phi) is 12.1. The Morgan fingerprint density at radius 3 is 2.30 bits per heavy atom. The number of carboxylic acid groups (broad SMARTS) is 1. The fraction of sp³-hybridized carbons (Fsp3) is 0.360. The number of benzene rings is 2. The van der Waals surface area contributed by atoms with Crippen molar-refractivity contribution in [3.63, 3.8) is 0 Å². The molecule has 1 aliphatic heterocycles. The molecule has 0 radical (unpaired) electrons. The number of aryl methyl sites for hydroxylation is 1. The number of carboxylic acids is 1. The lowest BCUT2D eigenvalue weighted by molar-refractivity contribution is -0.138. The highest BCUT2D eigenvalue weighted by Gasteiger charge is 2.26. The van der Waals surface area contributed by atoms with Crippen molar-refractivity contribution in [2.24, 2.45) is 11.5 Å². The molecule has 1 aliphatic rings. The first-order chi connectivity index (χ1) is 17.2. The van der Waals surface area contributed by atoms with Gasteiger partial charge in [0.15, 0.2) is 5.78 Å². The monoisotopic (exact) mass is 539 g/mol. The highest BCUT2D eigenvalue weighted by atomic mass is 35.5. The number of aliphatic hydroxyl groups excluding tert-OH is 1. The molecule has 12 heteroatoms. The second-order valence-electron chi connectivity index (χ2n) is 8.63. The van der Waals surface area contributed by atoms with Gasteiger partial charge in [-0.15, -0.1) is 0 Å². The lowest BCUT2D eigenvalue weighted by Gasteiger charge is -2.32. The van der Waals surface area contributed by atoms with Gasteiger partial charge in [0.25, 0.3) is 0 Å². The molecule has 2 amide bonds. The molecule has 10 nitrogen and oxygen atoms in total. The number of halogens is 2. The molecule has 0 bridgehead atoms. The van der Waals surface area contributed by atoms with Gasteiger partial charge in [-0.25, -0.2) is 4.39 Å². The molecule has 3 rings (SSSR count). The van der Waals surface area contributed by atoms with E-state index in [0.29, 0.717) is 0 Å². The normalized spacial score (nSPS) is 13.7. The number of aliphatic hydroxyl groups is 1. The van der Waals surface area contributed by atoms with Crippen molar-refractivity contribution in [3.05, 3.63) is 63.9 Å². The number of ketones is 1. The van der Waals surface area contributed by atoms with Crippen LogP contribution in [-0.4, -0.2) is 58.6 Å². The summed E-state index contributed by atoms with van der Waals surface area (Å²) in [7, 11) is 0. The molecule has 1 atom stereocenters. The maximum Gasteiger partial charge on any atom is 0.322 e. The van der Waals surface area contributed by atoms with Crippen LogP contribution in [0.2, 0.25) is 5.02 Å². The number of aliphatic carboxylic acids is 1. The first-order valence-corrected chi connectivity index (χ1v) is 11.5. The van der Waals surface area contributed by atoms with E-state index in [9.17, 15) is 23.6 Å². The molecule has 0 saturated heterocycles.